The molecule has 5 aliphatic rings. The number of aliphatic carboxylic acids is 1. The molecule has 5 rings (SSSR count). The van der Waals surface area contributed by atoms with Crippen molar-refractivity contribution in [3.05, 3.63) is 23.3 Å². The van der Waals surface area contributed by atoms with E-state index in [1.165, 1.54) is 5.57 Å². The first-order valence-electron chi connectivity index (χ1n) is 13.7. The normalized spacial score (nSPS) is 52.7. The summed E-state index contributed by atoms with van der Waals surface area (Å²) in [5.74, 6) is -0.292. The number of fused-ring (bicyclic) bond motifs is 7. The van der Waals surface area contributed by atoms with Crippen LogP contribution in [0.5, 0.6) is 0 Å². The Morgan fingerprint density at radius 2 is 1.63 bits per heavy atom. The average molecular weight is 487 g/mol. The second-order valence-corrected chi connectivity index (χ2v) is 14.6. The largest absolute Gasteiger partial charge is 0.481 e. The molecule has 9 atom stereocenters. The summed E-state index contributed by atoms with van der Waals surface area (Å²) in [5.41, 5.74) is 0.581. The van der Waals surface area contributed by atoms with Gasteiger partial charge in [-0.05, 0) is 84.9 Å². The van der Waals surface area contributed by atoms with Gasteiger partial charge in [0.1, 0.15) is 0 Å². The van der Waals surface area contributed by atoms with Crippen molar-refractivity contribution < 1.29 is 25.2 Å². The van der Waals surface area contributed by atoms with Gasteiger partial charge in [-0.3, -0.25) is 4.79 Å². The van der Waals surface area contributed by atoms with Gasteiger partial charge in [0.05, 0.1) is 24.2 Å². The van der Waals surface area contributed by atoms with E-state index >= 15 is 0 Å². The molecule has 5 aliphatic carbocycles. The number of rotatable bonds is 2. The predicted molar refractivity (Wildman–Crippen MR) is 135 cm³/mol. The number of carboxylic acids is 1. The van der Waals surface area contributed by atoms with Gasteiger partial charge in [0.25, 0.3) is 0 Å². The molecule has 0 spiro atoms. The molecule has 4 N–H and O–H groups in total. The summed E-state index contributed by atoms with van der Waals surface area (Å²) in [6, 6.07) is 0. The van der Waals surface area contributed by atoms with Crippen LogP contribution in [0.2, 0.25) is 0 Å². The molecular weight excluding hydrogens is 440 g/mol. The maximum absolute atomic E-state index is 12.8. The first-order valence-corrected chi connectivity index (χ1v) is 13.7. The van der Waals surface area contributed by atoms with Crippen LogP contribution in [0.15, 0.2) is 23.3 Å². The third kappa shape index (κ3) is 3.01. The quantitative estimate of drug-likeness (QED) is 0.407. The number of hydrogen-bond donors (Lipinski definition) is 4. The number of allylic oxidation sites excluding steroid dienone is 3. The topological polar surface area (TPSA) is 98.0 Å². The first-order chi connectivity index (χ1) is 16.1. The van der Waals surface area contributed by atoms with Gasteiger partial charge in [-0.1, -0.05) is 64.8 Å². The average Bonchev–Trinajstić information content (AvgIpc) is 2.77. The molecule has 5 heteroatoms. The van der Waals surface area contributed by atoms with E-state index in [4.69, 9.17) is 0 Å². The van der Waals surface area contributed by atoms with E-state index in [2.05, 4.69) is 46.8 Å². The van der Waals surface area contributed by atoms with Crippen LogP contribution in [0.3, 0.4) is 0 Å². The smallest absolute Gasteiger partial charge is 0.310 e. The van der Waals surface area contributed by atoms with Gasteiger partial charge in [0, 0.05) is 5.41 Å². The molecule has 0 amide bonds. The number of carbonyl (C=O) groups is 1. The van der Waals surface area contributed by atoms with Crippen LogP contribution in [0.4, 0.5) is 0 Å². The molecule has 0 aliphatic heterocycles. The zero-order chi connectivity index (χ0) is 25.8. The predicted octanol–water partition coefficient (Wildman–Crippen LogP) is 5.10. The van der Waals surface area contributed by atoms with Crippen LogP contribution in [-0.2, 0) is 4.79 Å². The van der Waals surface area contributed by atoms with Gasteiger partial charge < -0.3 is 20.4 Å². The Bertz CT molecular complexity index is 997. The first kappa shape index (κ1) is 25.5. The summed E-state index contributed by atoms with van der Waals surface area (Å²) >= 11 is 0. The lowest BCUT2D eigenvalue weighted by Crippen LogP contribution is -2.64. The van der Waals surface area contributed by atoms with E-state index < -0.39 is 29.0 Å². The van der Waals surface area contributed by atoms with Crippen molar-refractivity contribution >= 4 is 5.97 Å². The standard InChI is InChI=1S/C30H46O5/c1-25(2)11-13-30(24(34)35)14-12-28(5)18(19(30)15-25)7-8-22-26(3)16-20(32)23(33)27(4,17-31)21(26)9-10-29(22,28)6/h7,9,19-20,22-23,31-33H,8,10-17H2,1-6H3,(H,34,35)/t19-,20-,22-,23-,26+,27-,28+,29+,30-/m0/s1. The highest BCUT2D eigenvalue weighted by molar-refractivity contribution is 5.76. The van der Waals surface area contributed by atoms with Gasteiger partial charge in [0.15, 0.2) is 0 Å². The molecule has 0 aromatic heterocycles. The minimum absolute atomic E-state index is 0.0694. The highest BCUT2D eigenvalue weighted by atomic mass is 16.4. The Balaban J connectivity index is 1.63. The van der Waals surface area contributed by atoms with Gasteiger partial charge >= 0.3 is 5.97 Å². The van der Waals surface area contributed by atoms with E-state index in [0.717, 1.165) is 50.5 Å². The highest BCUT2D eigenvalue weighted by Gasteiger charge is 2.68. The number of hydrogen-bond acceptors (Lipinski definition) is 4. The van der Waals surface area contributed by atoms with E-state index in [-0.39, 0.29) is 40.1 Å². The molecule has 3 saturated carbocycles. The molecule has 0 radical (unpaired) electrons. The zero-order valence-corrected chi connectivity index (χ0v) is 22.5. The van der Waals surface area contributed by atoms with Gasteiger partial charge in [-0.15, -0.1) is 0 Å². The van der Waals surface area contributed by atoms with Crippen LogP contribution in [0.1, 0.15) is 92.9 Å². The van der Waals surface area contributed by atoms with Crippen molar-refractivity contribution in [3.8, 4) is 0 Å². The molecule has 196 valence electrons. The van der Waals surface area contributed by atoms with E-state index in [1.807, 2.05) is 6.92 Å². The Labute approximate surface area is 210 Å². The lowest BCUT2D eigenvalue weighted by Gasteiger charge is -2.69. The highest BCUT2D eigenvalue weighted by Crippen LogP contribution is 2.74. The maximum Gasteiger partial charge on any atom is 0.310 e. The second-order valence-electron chi connectivity index (χ2n) is 14.6. The molecule has 0 aromatic rings. The Hall–Kier alpha value is -1.17. The van der Waals surface area contributed by atoms with Gasteiger partial charge in [-0.2, -0.15) is 0 Å². The van der Waals surface area contributed by atoms with Crippen molar-refractivity contribution in [2.45, 2.75) is 105 Å². The number of aliphatic hydroxyl groups excluding tert-OH is 3. The summed E-state index contributed by atoms with van der Waals surface area (Å²) < 4.78 is 0. The van der Waals surface area contributed by atoms with Crippen molar-refractivity contribution in [1.29, 1.82) is 0 Å². The van der Waals surface area contributed by atoms with E-state index in [0.29, 0.717) is 6.42 Å². The molecule has 35 heavy (non-hydrogen) atoms. The molecule has 0 unspecified atom stereocenters. The zero-order valence-electron chi connectivity index (χ0n) is 22.5. The third-order valence-corrected chi connectivity index (χ3v) is 12.5. The van der Waals surface area contributed by atoms with Crippen molar-refractivity contribution in [2.24, 2.45) is 44.3 Å². The third-order valence-electron chi connectivity index (χ3n) is 12.5. The summed E-state index contributed by atoms with van der Waals surface area (Å²) in [5, 5.41) is 42.7. The lowest BCUT2D eigenvalue weighted by molar-refractivity contribution is -0.171. The minimum atomic E-state index is -0.975. The molecule has 5 nitrogen and oxygen atoms in total. The van der Waals surface area contributed by atoms with Gasteiger partial charge in [-0.25, -0.2) is 0 Å². The Morgan fingerprint density at radius 3 is 2.26 bits per heavy atom. The molecular formula is C30H46O5. The maximum atomic E-state index is 12.8. The van der Waals surface area contributed by atoms with Crippen molar-refractivity contribution in [2.75, 3.05) is 6.61 Å². The van der Waals surface area contributed by atoms with Crippen molar-refractivity contribution in [1.82, 2.24) is 0 Å². The number of carboxylic acid groups (broad SMARTS) is 1. The SMILES string of the molecule is CC1(C)CC[C@]2(C(=O)O)CC[C@]3(C)C(=CC[C@H]4[C@]5(C)C[C@H](O)[C@H](O)[C@@](C)(CO)C5=CC[C@]43C)[C@@H]2C1. The fraction of sp³-hybridized carbons (Fsp3) is 0.833. The minimum Gasteiger partial charge on any atom is -0.481 e. The van der Waals surface area contributed by atoms with Crippen LogP contribution < -0.4 is 0 Å². The van der Waals surface area contributed by atoms with Crippen molar-refractivity contribution in [3.63, 3.8) is 0 Å². The monoisotopic (exact) mass is 486 g/mol. The molecule has 0 saturated heterocycles. The van der Waals surface area contributed by atoms with Crippen LogP contribution in [0, 0.1) is 44.3 Å². The lowest BCUT2D eigenvalue weighted by atomic mass is 9.35. The van der Waals surface area contributed by atoms with Crippen LogP contribution in [-0.4, -0.2) is 45.2 Å². The molecule has 0 bridgehead atoms. The Kier molecular flexibility index (Phi) is 5.42. The number of aliphatic hydroxyl groups is 3. The molecule has 3 fully saturated rings. The summed E-state index contributed by atoms with van der Waals surface area (Å²) in [6.07, 6.45) is 9.26. The van der Waals surface area contributed by atoms with Crippen LogP contribution in [0.25, 0.3) is 0 Å². The van der Waals surface area contributed by atoms with Crippen LogP contribution >= 0.6 is 0 Å². The molecule has 0 aromatic carbocycles. The summed E-state index contributed by atoms with van der Waals surface area (Å²) in [7, 11) is 0. The van der Waals surface area contributed by atoms with Gasteiger partial charge in [0.2, 0.25) is 0 Å². The molecule has 0 heterocycles. The fourth-order valence-corrected chi connectivity index (χ4v) is 10.0. The summed E-state index contributed by atoms with van der Waals surface area (Å²) in [4.78, 5) is 12.8. The second kappa shape index (κ2) is 7.45. The van der Waals surface area contributed by atoms with E-state index in [9.17, 15) is 25.2 Å². The summed E-state index contributed by atoms with van der Waals surface area (Å²) in [6.45, 7) is 13.3. The fourth-order valence-electron chi connectivity index (χ4n) is 10.0. The van der Waals surface area contributed by atoms with E-state index in [1.54, 1.807) is 0 Å². The Morgan fingerprint density at radius 1 is 0.971 bits per heavy atom.